The number of benzene rings is 3. The van der Waals surface area contributed by atoms with Crippen LogP contribution in [0.2, 0.25) is 18.1 Å². The van der Waals surface area contributed by atoms with E-state index in [1.807, 2.05) is 80.6 Å². The van der Waals surface area contributed by atoms with Crippen molar-refractivity contribution in [3.05, 3.63) is 93.7 Å². The van der Waals surface area contributed by atoms with Crippen molar-refractivity contribution in [3.63, 3.8) is 0 Å². The molecule has 4 aliphatic rings. The van der Waals surface area contributed by atoms with Crippen LogP contribution in [-0.2, 0) is 33.5 Å². The molecule has 1 aliphatic heterocycles. The number of hydrogen-bond acceptors (Lipinski definition) is 12. The van der Waals surface area contributed by atoms with E-state index >= 15 is 9.59 Å². The molecule has 0 radical (unpaired) electrons. The van der Waals surface area contributed by atoms with Gasteiger partial charge in [0, 0.05) is 23.4 Å². The minimum Gasteiger partial charge on any atom is -0.507 e. The predicted octanol–water partition coefficient (Wildman–Crippen LogP) is 9.61. The van der Waals surface area contributed by atoms with Crippen LogP contribution >= 0.6 is 0 Å². The van der Waals surface area contributed by atoms with Crippen LogP contribution in [0.15, 0.2) is 64.7 Å². The second-order valence-electron chi connectivity index (χ2n) is 20.0. The number of carbonyl (C=O) groups excluding carboxylic acids is 3. The van der Waals surface area contributed by atoms with Crippen molar-refractivity contribution >= 4 is 42.6 Å². The first-order valence-electron chi connectivity index (χ1n) is 21.5. The molecule has 13 heteroatoms. The van der Waals surface area contributed by atoms with Gasteiger partial charge in [-0.2, -0.15) is 0 Å². The van der Waals surface area contributed by atoms with Gasteiger partial charge in [0.1, 0.15) is 23.5 Å². The summed E-state index contributed by atoms with van der Waals surface area (Å²) in [5.41, 5.74) is 0.0806. The van der Waals surface area contributed by atoms with Gasteiger partial charge in [0.15, 0.2) is 25.4 Å². The summed E-state index contributed by atoms with van der Waals surface area (Å²) in [5.74, 6) is -2.33. The normalized spacial score (nSPS) is 23.2. The number of ether oxygens (including phenoxy) is 3. The molecule has 1 N–H and O–H groups in total. The highest BCUT2D eigenvalue weighted by Crippen LogP contribution is 2.59. The molecule has 4 aromatic rings. The first-order chi connectivity index (χ1) is 28.7. The lowest BCUT2D eigenvalue weighted by molar-refractivity contribution is -0.140. The van der Waals surface area contributed by atoms with Crippen LogP contribution in [-0.4, -0.2) is 84.5 Å². The summed E-state index contributed by atoms with van der Waals surface area (Å²) in [6, 6.07) is 17.0. The van der Waals surface area contributed by atoms with Gasteiger partial charge in [0.2, 0.25) is 11.6 Å². The Morgan fingerprint density at radius 2 is 1.67 bits per heavy atom. The average Bonchev–Trinajstić information content (AvgIpc) is 3.84. The van der Waals surface area contributed by atoms with E-state index in [0.29, 0.717) is 24.0 Å². The Balaban J connectivity index is 1.32. The molecule has 0 unspecified atom stereocenters. The summed E-state index contributed by atoms with van der Waals surface area (Å²) in [7, 11) is 0.825. The van der Waals surface area contributed by atoms with E-state index in [9.17, 15) is 9.90 Å². The number of rotatable bonds is 9. The van der Waals surface area contributed by atoms with Gasteiger partial charge in [-0.15, -0.1) is 0 Å². The number of nitrogens with zero attached hydrogens (tertiary/aromatic N) is 3. The van der Waals surface area contributed by atoms with E-state index in [0.717, 1.165) is 54.6 Å². The summed E-state index contributed by atoms with van der Waals surface area (Å²) < 4.78 is 31.3. The first-order valence-corrected chi connectivity index (χ1v) is 24.4. The van der Waals surface area contributed by atoms with Crippen molar-refractivity contribution in [3.8, 4) is 11.6 Å². The lowest BCUT2D eigenvalue weighted by Gasteiger charge is -2.55. The SMILES string of the molecule is CN(C)[C@@H]1c2onc(OCc3ccccc3)c2C(=O)[C@@]2(O[Si](C)(C)C(C)(C)C)C(=O)C3=C(O)c4c(cc5ccc(CN6CCCC6)cc5c4OC(=O)OC(C)(C)C)C[C@H]3C[C@@H]12. The average molecular weight is 850 g/mol. The number of aliphatic hydroxyl groups is 1. The summed E-state index contributed by atoms with van der Waals surface area (Å²) in [6.45, 7) is 18.3. The Kier molecular flexibility index (Phi) is 10.9. The number of carbonyl (C=O) groups is 3. The van der Waals surface area contributed by atoms with Crippen LogP contribution < -0.4 is 9.47 Å². The zero-order valence-electron chi connectivity index (χ0n) is 37.1. The molecule has 1 aromatic heterocycles. The van der Waals surface area contributed by atoms with Gasteiger partial charge in [0.05, 0.1) is 11.6 Å². The number of fused-ring (bicyclic) bond motifs is 5. The summed E-state index contributed by atoms with van der Waals surface area (Å²) >= 11 is 0. The molecular formula is C48H59N3O9Si. The molecule has 3 aromatic carbocycles. The smallest absolute Gasteiger partial charge is 0.507 e. The van der Waals surface area contributed by atoms with Gasteiger partial charge in [0.25, 0.3) is 5.88 Å². The third-order valence-electron chi connectivity index (χ3n) is 13.3. The molecule has 8 rings (SSSR count). The first kappa shape index (κ1) is 42.9. The van der Waals surface area contributed by atoms with Gasteiger partial charge < -0.3 is 28.3 Å². The third kappa shape index (κ3) is 7.61. The molecule has 0 bridgehead atoms. The maximum Gasteiger partial charge on any atom is 0.514 e. The van der Waals surface area contributed by atoms with E-state index < -0.39 is 60.2 Å². The molecule has 1 saturated heterocycles. The van der Waals surface area contributed by atoms with Gasteiger partial charge in [-0.3, -0.25) is 19.4 Å². The number of aliphatic hydroxyl groups excluding tert-OH is 1. The molecule has 1 saturated carbocycles. The quantitative estimate of drug-likeness (QED) is 0.0742. The third-order valence-corrected chi connectivity index (χ3v) is 17.8. The van der Waals surface area contributed by atoms with Crippen LogP contribution in [0.1, 0.15) is 105 Å². The van der Waals surface area contributed by atoms with Gasteiger partial charge in [-0.05, 0) is 131 Å². The highest BCUT2D eigenvalue weighted by molar-refractivity contribution is 6.74. The summed E-state index contributed by atoms with van der Waals surface area (Å²) in [4.78, 5) is 49.5. The van der Waals surface area contributed by atoms with Crippen LogP contribution in [0.25, 0.3) is 16.5 Å². The molecule has 324 valence electrons. The van der Waals surface area contributed by atoms with Crippen molar-refractivity contribution in [2.45, 2.75) is 116 Å². The van der Waals surface area contributed by atoms with Gasteiger partial charge >= 0.3 is 6.16 Å². The van der Waals surface area contributed by atoms with Gasteiger partial charge in [-0.25, -0.2) is 4.79 Å². The second kappa shape index (κ2) is 15.5. The van der Waals surface area contributed by atoms with E-state index in [-0.39, 0.29) is 40.7 Å². The molecule has 12 nitrogen and oxygen atoms in total. The second-order valence-corrected chi connectivity index (χ2v) is 24.7. The van der Waals surface area contributed by atoms with Crippen LogP contribution in [0, 0.1) is 11.8 Å². The standard InChI is InChI=1S/C48H59N3O9Si/c1-46(2,3)58-45(55)57-40-33-22-29(26-51-20-14-15-21-51)18-19-30(33)23-31-24-32-25-34-38(50(7)8)41-37(44(49-59-41)56-27-28-16-12-11-13-17-28)43(54)48(34,60-61(9,10)47(4,5)6)42(53)36(32)39(52)35(31)40/h11-13,16-19,22-23,32,34,38,52H,14-15,20-21,24-27H2,1-10H3/t32-,34-,38-,48-/m0/s1. The molecule has 3 aliphatic carbocycles. The van der Waals surface area contributed by atoms with E-state index in [1.165, 1.54) is 0 Å². The summed E-state index contributed by atoms with van der Waals surface area (Å²) in [5, 5.41) is 18.1. The van der Waals surface area contributed by atoms with Crippen molar-refractivity contribution in [2.24, 2.45) is 11.8 Å². The molecule has 4 atom stereocenters. The molecule has 2 fully saturated rings. The molecule has 0 amide bonds. The number of Topliss-reactive ketones (excluding diaryl/α,β-unsaturated/α-hetero) is 2. The summed E-state index contributed by atoms with van der Waals surface area (Å²) in [6.07, 6.45) is 2.00. The maximum atomic E-state index is 16.0. The lowest BCUT2D eigenvalue weighted by Crippen LogP contribution is -2.68. The zero-order chi connectivity index (χ0) is 43.8. The van der Waals surface area contributed by atoms with E-state index in [4.69, 9.17) is 23.2 Å². The van der Waals surface area contributed by atoms with Gasteiger partial charge in [-0.1, -0.05) is 69.3 Å². The monoisotopic (exact) mass is 849 g/mol. The fraction of sp³-hybridized carbons (Fsp3) is 0.500. The maximum absolute atomic E-state index is 16.0. The Bertz CT molecular complexity index is 2420. The number of ketones is 2. The van der Waals surface area contributed by atoms with Crippen LogP contribution in [0.5, 0.6) is 11.6 Å². The van der Waals surface area contributed by atoms with Crippen LogP contribution in [0.3, 0.4) is 0 Å². The largest absolute Gasteiger partial charge is 0.514 e. The molecular weight excluding hydrogens is 791 g/mol. The Labute approximate surface area is 359 Å². The Hall–Kier alpha value is -4.82. The van der Waals surface area contributed by atoms with Crippen LogP contribution in [0.4, 0.5) is 4.79 Å². The fourth-order valence-electron chi connectivity index (χ4n) is 9.51. The highest BCUT2D eigenvalue weighted by Gasteiger charge is 2.69. The molecule has 61 heavy (non-hydrogen) atoms. The fourth-order valence-corrected chi connectivity index (χ4v) is 11.0. The van der Waals surface area contributed by atoms with Crippen molar-refractivity contribution < 1.29 is 42.6 Å². The number of aromatic nitrogens is 1. The van der Waals surface area contributed by atoms with Crippen molar-refractivity contribution in [1.82, 2.24) is 15.0 Å². The number of hydrogen-bond donors (Lipinski definition) is 1. The molecule has 0 spiro atoms. The topological polar surface area (TPSA) is 141 Å². The minimum absolute atomic E-state index is 0.0151. The van der Waals surface area contributed by atoms with Crippen molar-refractivity contribution in [1.29, 1.82) is 0 Å². The zero-order valence-corrected chi connectivity index (χ0v) is 38.1. The predicted molar refractivity (Wildman–Crippen MR) is 234 cm³/mol. The van der Waals surface area contributed by atoms with E-state index in [1.54, 1.807) is 20.8 Å². The van der Waals surface area contributed by atoms with Crippen molar-refractivity contribution in [2.75, 3.05) is 27.2 Å². The highest BCUT2D eigenvalue weighted by atomic mass is 28.4. The minimum atomic E-state index is -2.96. The van der Waals surface area contributed by atoms with E-state index in [2.05, 4.69) is 36.9 Å². The number of likely N-dealkylation sites (tertiary alicyclic amines) is 1. The lowest BCUT2D eigenvalue weighted by atomic mass is 9.57. The Morgan fingerprint density at radius 3 is 2.33 bits per heavy atom. The Morgan fingerprint density at radius 1 is 0.967 bits per heavy atom. The molecule has 2 heterocycles.